The Morgan fingerprint density at radius 1 is 1.21 bits per heavy atom. The maximum absolute atomic E-state index is 13.7. The molecule has 2 heterocycles. The van der Waals surface area contributed by atoms with Crippen molar-refractivity contribution in [3.05, 3.63) is 88.4 Å². The molecule has 1 aliphatic heterocycles. The zero-order valence-electron chi connectivity index (χ0n) is 23.7. The number of amides is 1. The molecule has 2 aliphatic rings. The largest absolute Gasteiger partial charge is 0.497 e. The molecule has 1 aromatic heterocycles. The molecule has 2 aromatic carbocycles. The Bertz CT molecular complexity index is 1610. The number of hydrogen-bond acceptors (Lipinski definition) is 10. The van der Waals surface area contributed by atoms with Gasteiger partial charge in [0.25, 0.3) is 0 Å². The minimum atomic E-state index is -0.610. The summed E-state index contributed by atoms with van der Waals surface area (Å²) >= 11 is 2.56. The molecule has 42 heavy (non-hydrogen) atoms. The Balaban J connectivity index is 1.40. The Labute approximate surface area is 253 Å². The molecule has 3 aromatic rings. The van der Waals surface area contributed by atoms with Crippen LogP contribution >= 0.6 is 23.1 Å². The number of nitrogens with one attached hydrogen (secondary N) is 1. The van der Waals surface area contributed by atoms with E-state index in [9.17, 15) is 14.9 Å². The van der Waals surface area contributed by atoms with Crippen LogP contribution in [0.25, 0.3) is 0 Å². The number of ether oxygens (including phenoxy) is 1. The Morgan fingerprint density at radius 3 is 2.74 bits per heavy atom. The molecule has 0 saturated carbocycles. The Morgan fingerprint density at radius 2 is 2.00 bits per heavy atom. The summed E-state index contributed by atoms with van der Waals surface area (Å²) in [4.78, 5) is 27.9. The smallest absolute Gasteiger partial charge is 0.230 e. The first-order valence-electron chi connectivity index (χ1n) is 13.6. The normalized spacial score (nSPS) is 18.0. The van der Waals surface area contributed by atoms with Gasteiger partial charge in [0.15, 0.2) is 10.1 Å². The second kappa shape index (κ2) is 12.4. The first-order chi connectivity index (χ1) is 20.2. The van der Waals surface area contributed by atoms with Crippen LogP contribution in [-0.4, -0.2) is 41.3 Å². The number of allylic oxidation sites excluding steroid dienone is 3. The van der Waals surface area contributed by atoms with Gasteiger partial charge in [-0.1, -0.05) is 79.4 Å². The molecule has 0 bridgehead atoms. The molecule has 5 rings (SSSR count). The summed E-state index contributed by atoms with van der Waals surface area (Å²) in [7, 11) is 1.58. The molecule has 1 unspecified atom stereocenters. The number of carbonyl (C=O) groups is 2. The second-order valence-corrected chi connectivity index (χ2v) is 13.2. The van der Waals surface area contributed by atoms with Crippen molar-refractivity contribution in [3.8, 4) is 11.8 Å². The molecule has 1 amide bonds. The van der Waals surface area contributed by atoms with E-state index in [4.69, 9.17) is 10.5 Å². The zero-order valence-corrected chi connectivity index (χ0v) is 25.3. The predicted octanol–water partition coefficient (Wildman–Crippen LogP) is 4.94. The van der Waals surface area contributed by atoms with Crippen LogP contribution in [-0.2, 0) is 16.0 Å². The molecule has 216 valence electrons. The van der Waals surface area contributed by atoms with Crippen LogP contribution in [0.4, 0.5) is 5.13 Å². The van der Waals surface area contributed by atoms with Crippen LogP contribution in [0.1, 0.15) is 43.7 Å². The molecule has 3 N–H and O–H groups in total. The van der Waals surface area contributed by atoms with Gasteiger partial charge in [0.05, 0.1) is 30.4 Å². The minimum absolute atomic E-state index is 0.0226. The van der Waals surface area contributed by atoms with E-state index in [1.807, 2.05) is 68.4 Å². The lowest BCUT2D eigenvalue weighted by molar-refractivity contribution is -0.119. The lowest BCUT2D eigenvalue weighted by atomic mass is 9.68. The predicted molar refractivity (Wildman–Crippen MR) is 164 cm³/mol. The highest BCUT2D eigenvalue weighted by atomic mass is 32.2. The van der Waals surface area contributed by atoms with Crippen LogP contribution in [0.15, 0.2) is 81.6 Å². The fraction of sp³-hybridized carbons (Fsp3) is 0.323. The zero-order chi connectivity index (χ0) is 29.9. The second-order valence-electron chi connectivity index (χ2n) is 11.0. The number of thioether (sulfide) groups is 1. The number of nitrogens with two attached hydrogens (primary N) is 1. The van der Waals surface area contributed by atoms with Crippen molar-refractivity contribution in [2.45, 2.75) is 43.4 Å². The minimum Gasteiger partial charge on any atom is -0.497 e. The van der Waals surface area contributed by atoms with E-state index in [1.54, 1.807) is 12.0 Å². The van der Waals surface area contributed by atoms with Gasteiger partial charge in [-0.25, -0.2) is 0 Å². The van der Waals surface area contributed by atoms with Crippen molar-refractivity contribution in [2.75, 3.05) is 24.3 Å². The number of ketones is 1. The van der Waals surface area contributed by atoms with Crippen molar-refractivity contribution in [2.24, 2.45) is 11.1 Å². The summed E-state index contributed by atoms with van der Waals surface area (Å²) in [5.74, 6) is 0.317. The molecule has 1 atom stereocenters. The third-order valence-corrected chi connectivity index (χ3v) is 9.34. The molecule has 0 saturated heterocycles. The van der Waals surface area contributed by atoms with Crippen LogP contribution < -0.4 is 20.7 Å². The molecule has 0 spiro atoms. The van der Waals surface area contributed by atoms with Gasteiger partial charge < -0.3 is 15.8 Å². The van der Waals surface area contributed by atoms with Gasteiger partial charge in [-0.3, -0.25) is 14.5 Å². The van der Waals surface area contributed by atoms with Crippen molar-refractivity contribution < 1.29 is 14.3 Å². The lowest BCUT2D eigenvalue weighted by Gasteiger charge is -2.42. The van der Waals surface area contributed by atoms with Crippen molar-refractivity contribution in [1.82, 2.24) is 15.5 Å². The highest BCUT2D eigenvalue weighted by molar-refractivity contribution is 8.01. The highest BCUT2D eigenvalue weighted by Crippen LogP contribution is 2.51. The summed E-state index contributed by atoms with van der Waals surface area (Å²) in [6.45, 7) is 4.64. The molecule has 0 radical (unpaired) electrons. The Kier molecular flexibility index (Phi) is 8.66. The SMILES string of the molecule is COc1cccc(C2C(C#N)=C(N)N(c3nnc(SCC(=O)NCCc4ccccc4)s3)C3=C2C(=O)CC(C)(C)C3)c1. The van der Waals surface area contributed by atoms with E-state index in [0.717, 1.165) is 23.2 Å². The van der Waals surface area contributed by atoms with Gasteiger partial charge in [-0.15, -0.1) is 10.2 Å². The summed E-state index contributed by atoms with van der Waals surface area (Å²) in [6.07, 6.45) is 1.68. The van der Waals surface area contributed by atoms with Crippen LogP contribution in [0.2, 0.25) is 0 Å². The number of benzene rings is 2. The van der Waals surface area contributed by atoms with Crippen molar-refractivity contribution in [1.29, 1.82) is 5.26 Å². The molecule has 11 heteroatoms. The summed E-state index contributed by atoms with van der Waals surface area (Å²) in [5.41, 5.74) is 9.89. The van der Waals surface area contributed by atoms with Crippen LogP contribution in [0, 0.1) is 16.7 Å². The number of anilines is 1. The number of aromatic nitrogens is 2. The third-order valence-electron chi connectivity index (χ3n) is 7.30. The average molecular weight is 601 g/mol. The maximum atomic E-state index is 13.7. The number of carbonyl (C=O) groups excluding carboxylic acids is 2. The molecule has 9 nitrogen and oxygen atoms in total. The van der Waals surface area contributed by atoms with Gasteiger partial charge in [0.2, 0.25) is 11.0 Å². The van der Waals surface area contributed by atoms with E-state index in [2.05, 4.69) is 21.6 Å². The van der Waals surface area contributed by atoms with Crippen LogP contribution in [0.3, 0.4) is 0 Å². The number of nitriles is 1. The van der Waals surface area contributed by atoms with E-state index in [-0.39, 0.29) is 34.3 Å². The first kappa shape index (κ1) is 29.4. The van der Waals surface area contributed by atoms with Crippen LogP contribution in [0.5, 0.6) is 5.75 Å². The van der Waals surface area contributed by atoms with Gasteiger partial charge in [0.1, 0.15) is 11.6 Å². The lowest BCUT2D eigenvalue weighted by Crippen LogP contribution is -2.42. The number of Topliss-reactive ketones (excluding diaryl/α,β-unsaturated/α-hetero) is 1. The van der Waals surface area contributed by atoms with E-state index in [1.165, 1.54) is 23.1 Å². The van der Waals surface area contributed by atoms with Crippen molar-refractivity contribution >= 4 is 39.9 Å². The van der Waals surface area contributed by atoms with Gasteiger partial charge >= 0.3 is 0 Å². The number of nitrogens with zero attached hydrogens (tertiary/aromatic N) is 4. The van der Waals surface area contributed by atoms with Gasteiger partial charge in [0, 0.05) is 24.2 Å². The van der Waals surface area contributed by atoms with Gasteiger partial charge in [-0.05, 0) is 41.5 Å². The van der Waals surface area contributed by atoms with Gasteiger partial charge in [-0.2, -0.15) is 5.26 Å². The number of rotatable bonds is 9. The van der Waals surface area contributed by atoms with E-state index < -0.39 is 5.92 Å². The monoisotopic (exact) mass is 600 g/mol. The topological polar surface area (TPSA) is 134 Å². The Hall–Kier alpha value is -4.14. The summed E-state index contributed by atoms with van der Waals surface area (Å²) in [5, 5.41) is 22.4. The first-order valence-corrected chi connectivity index (χ1v) is 15.4. The standard InChI is InChI=1S/C31H32N6O3S2/c1-31(2)15-23-27(24(38)16-31)26(20-10-7-11-21(14-20)40-3)22(17-32)28(33)37(23)29-35-36-30(42-29)41-18-25(39)34-13-12-19-8-5-4-6-9-19/h4-11,14,26H,12-13,15-16,18,33H2,1-3H3,(H,34,39). The summed E-state index contributed by atoms with van der Waals surface area (Å²) in [6, 6.07) is 19.6. The van der Waals surface area contributed by atoms with E-state index in [0.29, 0.717) is 40.2 Å². The fourth-order valence-corrected chi connectivity index (χ4v) is 7.11. The summed E-state index contributed by atoms with van der Waals surface area (Å²) < 4.78 is 6.01. The van der Waals surface area contributed by atoms with Crippen molar-refractivity contribution in [3.63, 3.8) is 0 Å². The van der Waals surface area contributed by atoms with E-state index >= 15 is 0 Å². The number of hydrogen-bond donors (Lipinski definition) is 2. The molecular formula is C31H32N6O3S2. The quantitative estimate of drug-likeness (QED) is 0.328. The molecule has 1 aliphatic carbocycles. The molecular weight excluding hydrogens is 569 g/mol. The molecule has 0 fully saturated rings. The average Bonchev–Trinajstić information content (AvgIpc) is 3.44. The fourth-order valence-electron chi connectivity index (χ4n) is 5.40. The highest BCUT2D eigenvalue weighted by Gasteiger charge is 2.45. The third kappa shape index (κ3) is 6.20. The number of methoxy groups -OCH3 is 1. The maximum Gasteiger partial charge on any atom is 0.230 e.